The van der Waals surface area contributed by atoms with E-state index < -0.39 is 117 Å². The SMILES string of the molecule is C1CCOC1.CC1(C)O[C@H]2[C@H](c3ccc4c(N)ncnn34)O[C@](C#N)(CO)[C@H]2O1.C[C@H](N[P@](=O)(OC[C@@]1(C#N)O[C@@H](c2ccc3c(N)ncnn23)[C@@H]2OC(C)(C)O[C@@H]21)Oc1ccccc1)C(=O)OC1CCCCC1.C[C@H](N[P@](=O)(Oc1ccccc1)Oc1ccc([N+](=O)[O-])cc1)C(=O)OC1CCCCC1. The number of para-hydroxylation sites is 2. The van der Waals surface area contributed by atoms with Gasteiger partial charge in [-0.25, -0.2) is 28.1 Å². The topological polar surface area (TPSA) is 436 Å². The fourth-order valence-electron chi connectivity index (χ4n) is 13.1. The van der Waals surface area contributed by atoms with E-state index in [1.807, 2.05) is 6.07 Å². The highest BCUT2D eigenvalue weighted by molar-refractivity contribution is 7.52. The standard InChI is InChI=1S/C30H37N6O8P.C21H25N2O7P.C15H17N5O4.C4H8O/c1-19(28(37)40-20-10-6-4-7-11-20)35-45(38,44-21-12-8-5-9-13-21)39-17-30(16-31)26-25(41-29(2,3)43-26)24(42-30)22-14-15-23-27(32)33-18-34-36(22)23;1-16(21(24)28-18-8-4-2-5-9-18)22-31(27,29-19-10-6-3-7-11-19)30-20-14-12-17(13-15-20)23(25)26;1-14(2)22-11-10(23-15(5-16,6-21)12(11)24-14)8-3-4-9-13(17)18-7-19-20(8)9;1-2-4-5-3-1/h5,8-9,12-15,18-20,24-26H,4,6-7,10-11,17H2,1-3H3,(H,35,38)(H2,32,33,34);3,6-7,10-16,18H,2,4-5,8-9H2,1H3,(H,22,27);3-4,7,10-12,21H,6H2,1-2H3,(H2,17,18,19);1-4H2/t19-,24-,25-,26-,30+,45-;16-,31-;10-,11-,12-,15+;/m000./s1. The van der Waals surface area contributed by atoms with Gasteiger partial charge in [0.1, 0.15) is 121 Å². The van der Waals surface area contributed by atoms with Gasteiger partial charge in [0.2, 0.25) is 11.2 Å². The fraction of sp³-hybridized carbons (Fsp3) is 0.514. The quantitative estimate of drug-likeness (QED) is 0.0193. The van der Waals surface area contributed by atoms with Gasteiger partial charge in [-0.3, -0.25) is 24.2 Å². The molecule has 562 valence electrons. The number of hydrogen-bond acceptors (Lipinski definition) is 28. The maximum absolute atomic E-state index is 14.3. The molecular weight excluding hydrogens is 1400 g/mol. The number of nitrogen functional groups attached to an aromatic ring is 2. The Hall–Kier alpha value is -8.76. The van der Waals surface area contributed by atoms with E-state index in [1.54, 1.807) is 122 Å². The molecule has 3 aromatic carbocycles. The van der Waals surface area contributed by atoms with Crippen molar-refractivity contribution in [2.45, 2.75) is 202 Å². The van der Waals surface area contributed by atoms with E-state index >= 15 is 0 Å². The maximum Gasteiger partial charge on any atom is 0.513 e. The van der Waals surface area contributed by atoms with E-state index in [4.69, 9.17) is 72.2 Å². The van der Waals surface area contributed by atoms with Crippen LogP contribution in [0.3, 0.4) is 0 Å². The maximum atomic E-state index is 14.3. The predicted molar refractivity (Wildman–Crippen MR) is 374 cm³/mol. The van der Waals surface area contributed by atoms with E-state index in [9.17, 15) is 44.5 Å². The van der Waals surface area contributed by atoms with Gasteiger partial charge in [0.15, 0.2) is 23.2 Å². The molecule has 2 aliphatic carbocycles. The van der Waals surface area contributed by atoms with Crippen LogP contribution < -0.4 is 35.2 Å². The van der Waals surface area contributed by atoms with Crippen LogP contribution >= 0.6 is 15.5 Å². The molecule has 2 saturated carbocycles. The van der Waals surface area contributed by atoms with Gasteiger partial charge in [0.05, 0.1) is 22.9 Å². The summed E-state index contributed by atoms with van der Waals surface area (Å²) in [5, 5.41) is 54.6. The summed E-state index contributed by atoms with van der Waals surface area (Å²) in [5.74, 6) is -1.88. The number of aliphatic hydroxyl groups excluding tert-OH is 1. The third-order valence-electron chi connectivity index (χ3n) is 18.2. The highest BCUT2D eigenvalue weighted by atomic mass is 31.2. The molecule has 7 aliphatic rings. The van der Waals surface area contributed by atoms with Crippen molar-refractivity contribution in [3.8, 4) is 29.4 Å². The van der Waals surface area contributed by atoms with Crippen molar-refractivity contribution >= 4 is 55.8 Å². The van der Waals surface area contributed by atoms with Crippen molar-refractivity contribution < 1.29 is 89.5 Å². The first-order valence-corrected chi connectivity index (χ1v) is 37.8. The average Bonchev–Trinajstić information content (AvgIpc) is 1.58. The van der Waals surface area contributed by atoms with Gasteiger partial charge in [-0.2, -0.15) is 30.9 Å². The van der Waals surface area contributed by atoms with Crippen LogP contribution in [0.4, 0.5) is 17.3 Å². The first kappa shape index (κ1) is 77.3. The van der Waals surface area contributed by atoms with Crippen molar-refractivity contribution in [3.05, 3.63) is 143 Å². The van der Waals surface area contributed by atoms with Crippen molar-refractivity contribution in [3.63, 3.8) is 0 Å². The zero-order valence-corrected chi connectivity index (χ0v) is 60.7. The highest BCUT2D eigenvalue weighted by Gasteiger charge is 2.66. The van der Waals surface area contributed by atoms with Crippen LogP contribution in [0.15, 0.2) is 122 Å². The Bertz CT molecular complexity index is 4310. The number of ether oxygens (including phenoxy) is 9. The van der Waals surface area contributed by atoms with Crippen LogP contribution in [-0.4, -0.2) is 149 Å². The van der Waals surface area contributed by atoms with E-state index in [2.05, 4.69) is 36.4 Å². The second kappa shape index (κ2) is 33.4. The molecule has 7 N–H and O–H groups in total. The van der Waals surface area contributed by atoms with Crippen LogP contribution in [0.2, 0.25) is 0 Å². The largest absolute Gasteiger partial charge is 0.513 e. The minimum absolute atomic E-state index is 0.0882. The number of carbonyl (C=O) groups excluding carboxylic acids is 2. The number of benzene rings is 3. The van der Waals surface area contributed by atoms with E-state index in [1.165, 1.54) is 63.6 Å². The molecule has 0 radical (unpaired) electrons. The number of aliphatic hydroxyl groups is 1. The number of hydrogen-bond donors (Lipinski definition) is 5. The van der Waals surface area contributed by atoms with Crippen LogP contribution in [0.25, 0.3) is 11.0 Å². The molecule has 7 fully saturated rings. The predicted octanol–water partition coefficient (Wildman–Crippen LogP) is 10.2. The first-order chi connectivity index (χ1) is 50.3. The van der Waals surface area contributed by atoms with Gasteiger partial charge < -0.3 is 72.8 Å². The number of fused-ring (bicyclic) bond motifs is 4. The first-order valence-electron chi connectivity index (χ1n) is 34.8. The van der Waals surface area contributed by atoms with Crippen molar-refractivity contribution in [1.29, 1.82) is 10.5 Å². The lowest BCUT2D eigenvalue weighted by Gasteiger charge is -2.31. The molecule has 5 saturated heterocycles. The molecular formula is C70H87N13O20P2. The second-order valence-corrected chi connectivity index (χ2v) is 30.3. The summed E-state index contributed by atoms with van der Waals surface area (Å²) in [4.78, 5) is 43.8. The third kappa shape index (κ3) is 18.6. The lowest BCUT2D eigenvalue weighted by Crippen LogP contribution is -2.46. The number of anilines is 2. The summed E-state index contributed by atoms with van der Waals surface area (Å²) in [7, 11) is -8.41. The summed E-state index contributed by atoms with van der Waals surface area (Å²) in [6.07, 6.45) is 9.86. The molecule has 12 atom stereocenters. The molecule has 0 unspecified atom stereocenters. The molecule has 7 aromatic rings. The van der Waals surface area contributed by atoms with Crippen LogP contribution in [0, 0.1) is 32.8 Å². The Balaban J connectivity index is 0.000000159. The minimum atomic E-state index is -4.33. The summed E-state index contributed by atoms with van der Waals surface area (Å²) in [6, 6.07) is 31.1. The Morgan fingerprint density at radius 2 is 1.03 bits per heavy atom. The zero-order chi connectivity index (χ0) is 74.7. The minimum Gasteiger partial charge on any atom is -0.461 e. The second-order valence-electron chi connectivity index (χ2n) is 27.0. The molecule has 33 nitrogen and oxygen atoms in total. The fourth-order valence-corrected chi connectivity index (χ4v) is 16.2. The van der Waals surface area contributed by atoms with Gasteiger partial charge in [-0.15, -0.1) is 0 Å². The molecule has 0 bridgehead atoms. The molecule has 0 spiro atoms. The summed E-state index contributed by atoms with van der Waals surface area (Å²) < 4.78 is 107. The number of rotatable bonds is 21. The molecule has 35 heteroatoms. The van der Waals surface area contributed by atoms with Gasteiger partial charge >= 0.3 is 27.4 Å². The number of nitrogens with zero attached hydrogens (tertiary/aromatic N) is 9. The highest BCUT2D eigenvalue weighted by Crippen LogP contribution is 2.54. The van der Waals surface area contributed by atoms with E-state index in [0.29, 0.717) is 28.2 Å². The molecule has 0 amide bonds. The van der Waals surface area contributed by atoms with Crippen LogP contribution in [0.1, 0.15) is 142 Å². The van der Waals surface area contributed by atoms with Gasteiger partial charge in [-0.1, -0.05) is 49.2 Å². The van der Waals surface area contributed by atoms with E-state index in [-0.39, 0.29) is 41.0 Å². The van der Waals surface area contributed by atoms with Crippen molar-refractivity contribution in [2.24, 2.45) is 0 Å². The number of esters is 2. The van der Waals surface area contributed by atoms with Gasteiger partial charge in [0, 0.05) is 25.3 Å². The number of nitrogens with two attached hydrogens (primary N) is 2. The van der Waals surface area contributed by atoms with Crippen molar-refractivity contribution in [1.82, 2.24) is 39.4 Å². The van der Waals surface area contributed by atoms with Crippen molar-refractivity contribution in [2.75, 3.05) is 37.9 Å². The lowest BCUT2D eigenvalue weighted by atomic mass is 9.96. The smallest absolute Gasteiger partial charge is 0.461 e. The van der Waals surface area contributed by atoms with Crippen LogP contribution in [-0.2, 0) is 65.9 Å². The number of carbonyl (C=O) groups is 2. The number of nitriles is 2. The third-order valence-corrected chi connectivity index (χ3v) is 21.5. The summed E-state index contributed by atoms with van der Waals surface area (Å²) >= 11 is 0. The Morgan fingerprint density at radius 3 is 1.45 bits per heavy atom. The number of non-ortho nitro benzene ring substituents is 1. The Morgan fingerprint density at radius 1 is 0.610 bits per heavy atom. The number of aromatic nitrogens is 6. The molecule has 4 aromatic heterocycles. The monoisotopic (exact) mass is 1490 g/mol. The molecule has 14 rings (SSSR count). The Kier molecular flexibility index (Phi) is 24.6. The number of nitrogens with one attached hydrogen (secondary N) is 2. The molecule has 9 heterocycles. The molecule has 105 heavy (non-hydrogen) atoms. The Labute approximate surface area is 605 Å². The number of nitro groups is 1. The zero-order valence-electron chi connectivity index (χ0n) is 58.9. The van der Waals surface area contributed by atoms with Gasteiger partial charge in [0.25, 0.3) is 5.69 Å². The lowest BCUT2D eigenvalue weighted by molar-refractivity contribution is -0.384. The average molecular weight is 1490 g/mol. The summed E-state index contributed by atoms with van der Waals surface area (Å²) in [6.45, 7) is 11.0. The van der Waals surface area contributed by atoms with Gasteiger partial charge in [-0.05, 0) is 166 Å². The summed E-state index contributed by atoms with van der Waals surface area (Å²) in [5.41, 5.74) is 10.9. The molecule has 5 aliphatic heterocycles. The van der Waals surface area contributed by atoms with E-state index in [0.717, 1.165) is 77.4 Å². The number of nitro benzene ring substituents is 1. The van der Waals surface area contributed by atoms with Crippen LogP contribution in [0.5, 0.6) is 17.2 Å². The normalized spacial score (nSPS) is 26.1.